The van der Waals surface area contributed by atoms with Gasteiger partial charge in [0.05, 0.1) is 0 Å². The fraction of sp³-hybridized carbons (Fsp3) is 0.273. The zero-order valence-electron chi connectivity index (χ0n) is 9.99. The summed E-state index contributed by atoms with van der Waals surface area (Å²) in [4.78, 5) is 3.58. The molecule has 1 aromatic carbocycles. The second kappa shape index (κ2) is 4.77. The molecule has 0 radical (unpaired) electrons. The molecule has 96 valence electrons. The van der Waals surface area contributed by atoms with E-state index in [0.29, 0.717) is 5.75 Å². The Hall–Kier alpha value is -1.89. The van der Waals surface area contributed by atoms with E-state index in [-0.39, 0.29) is 11.1 Å². The maximum Gasteiger partial charge on any atom is 0.374 e. The largest absolute Gasteiger partial charge is 0.376 e. The first-order valence-corrected chi connectivity index (χ1v) is 6.80. The van der Waals surface area contributed by atoms with Crippen LogP contribution in [0.4, 0.5) is 0 Å². The number of rotatable bonds is 4. The van der Waals surface area contributed by atoms with Crippen LogP contribution < -0.4 is 4.18 Å². The van der Waals surface area contributed by atoms with Gasteiger partial charge in [-0.2, -0.15) is 13.5 Å². The fourth-order valence-corrected chi connectivity index (χ4v) is 2.31. The van der Waals surface area contributed by atoms with Crippen molar-refractivity contribution in [3.63, 3.8) is 0 Å². The van der Waals surface area contributed by atoms with Crippen molar-refractivity contribution < 1.29 is 12.6 Å². The van der Waals surface area contributed by atoms with Crippen LogP contribution in [-0.4, -0.2) is 23.6 Å². The lowest BCUT2D eigenvalue weighted by Gasteiger charge is -2.12. The molecule has 0 aliphatic heterocycles. The van der Waals surface area contributed by atoms with Crippen LogP contribution in [0.25, 0.3) is 0 Å². The number of nitrogens with one attached hydrogen (secondary N) is 1. The summed E-state index contributed by atoms with van der Waals surface area (Å²) in [7, 11) is -3.96. The highest BCUT2D eigenvalue weighted by Crippen LogP contribution is 2.27. The Morgan fingerprint density at radius 1 is 1.28 bits per heavy atom. The van der Waals surface area contributed by atoms with Crippen LogP contribution in [-0.2, 0) is 10.1 Å². The lowest BCUT2D eigenvalue weighted by Crippen LogP contribution is -2.13. The molecule has 2 rings (SSSR count). The highest BCUT2D eigenvalue weighted by atomic mass is 32.2. The van der Waals surface area contributed by atoms with Crippen LogP contribution in [0, 0.1) is 0 Å². The number of hydrogen-bond donors (Lipinski definition) is 1. The molecule has 0 saturated carbocycles. The van der Waals surface area contributed by atoms with Crippen molar-refractivity contribution in [1.82, 2.24) is 15.2 Å². The Kier molecular flexibility index (Phi) is 3.33. The van der Waals surface area contributed by atoms with Gasteiger partial charge >= 0.3 is 10.1 Å². The molecule has 0 saturated heterocycles. The van der Waals surface area contributed by atoms with E-state index in [1.54, 1.807) is 12.1 Å². The molecule has 1 aromatic heterocycles. The third-order valence-electron chi connectivity index (χ3n) is 2.37. The van der Waals surface area contributed by atoms with E-state index >= 15 is 0 Å². The van der Waals surface area contributed by atoms with Crippen molar-refractivity contribution in [1.29, 1.82) is 0 Å². The molecule has 18 heavy (non-hydrogen) atoms. The van der Waals surface area contributed by atoms with E-state index in [0.717, 1.165) is 11.9 Å². The molecule has 0 aliphatic rings. The summed E-state index contributed by atoms with van der Waals surface area (Å²) in [5, 5.41) is 5.46. The fourth-order valence-electron chi connectivity index (χ4n) is 1.51. The van der Waals surface area contributed by atoms with Gasteiger partial charge in [0.25, 0.3) is 5.16 Å². The van der Waals surface area contributed by atoms with Gasteiger partial charge in [0.1, 0.15) is 12.1 Å². The Balaban J connectivity index is 2.36. The zero-order chi connectivity index (χ0) is 13.2. The summed E-state index contributed by atoms with van der Waals surface area (Å²) in [6.07, 6.45) is 1.12. The number of benzene rings is 1. The highest BCUT2D eigenvalue weighted by molar-refractivity contribution is 7.86. The average molecular weight is 267 g/mol. The van der Waals surface area contributed by atoms with Crippen LogP contribution in [0.15, 0.2) is 35.7 Å². The van der Waals surface area contributed by atoms with Crippen LogP contribution in [0.1, 0.15) is 25.3 Å². The standard InChI is InChI=1S/C11H13N3O3S/c1-8(2)9-5-3-4-6-10(9)17-18(15,16)11-12-7-13-14-11/h3-8H,1-2H3,(H,12,13,14). The van der Waals surface area contributed by atoms with E-state index < -0.39 is 10.1 Å². The first-order valence-electron chi connectivity index (χ1n) is 5.39. The SMILES string of the molecule is CC(C)c1ccccc1OS(=O)(=O)c1ncn[nH]1. The quantitative estimate of drug-likeness (QED) is 0.852. The summed E-state index contributed by atoms with van der Waals surface area (Å²) in [5.41, 5.74) is 0.820. The summed E-state index contributed by atoms with van der Waals surface area (Å²) < 4.78 is 28.8. The molecule has 0 unspecified atom stereocenters. The van der Waals surface area contributed by atoms with Gasteiger partial charge in [0.2, 0.25) is 0 Å². The van der Waals surface area contributed by atoms with Crippen molar-refractivity contribution in [2.75, 3.05) is 0 Å². The average Bonchev–Trinajstić information content (AvgIpc) is 2.83. The number of aromatic amines is 1. The number of hydrogen-bond acceptors (Lipinski definition) is 5. The van der Waals surface area contributed by atoms with Crippen LogP contribution >= 0.6 is 0 Å². The lowest BCUT2D eigenvalue weighted by molar-refractivity contribution is 0.473. The van der Waals surface area contributed by atoms with Crippen molar-refractivity contribution in [2.45, 2.75) is 24.9 Å². The molecule has 0 atom stereocenters. The summed E-state index contributed by atoms with van der Waals surface area (Å²) in [6.45, 7) is 3.92. The van der Waals surface area contributed by atoms with Gasteiger partial charge in [-0.1, -0.05) is 32.0 Å². The lowest BCUT2D eigenvalue weighted by atomic mass is 10.0. The Morgan fingerprint density at radius 3 is 2.61 bits per heavy atom. The predicted molar refractivity (Wildman–Crippen MR) is 64.7 cm³/mol. The molecule has 0 amide bonds. The smallest absolute Gasteiger partial charge is 0.374 e. The van der Waals surface area contributed by atoms with Gasteiger partial charge < -0.3 is 4.18 Å². The third-order valence-corrected chi connectivity index (χ3v) is 3.44. The first kappa shape index (κ1) is 12.6. The second-order valence-corrected chi connectivity index (χ2v) is 5.48. The van der Waals surface area contributed by atoms with E-state index in [1.807, 2.05) is 26.0 Å². The van der Waals surface area contributed by atoms with Crippen LogP contribution in [0.5, 0.6) is 5.75 Å². The number of para-hydroxylation sites is 1. The monoisotopic (exact) mass is 267 g/mol. The van der Waals surface area contributed by atoms with E-state index in [1.165, 1.54) is 0 Å². The maximum absolute atomic E-state index is 11.9. The van der Waals surface area contributed by atoms with Crippen LogP contribution in [0.3, 0.4) is 0 Å². The molecule has 0 bridgehead atoms. The van der Waals surface area contributed by atoms with Gasteiger partial charge in [0, 0.05) is 0 Å². The Labute approximate surface area is 105 Å². The van der Waals surface area contributed by atoms with Crippen molar-refractivity contribution in [2.24, 2.45) is 0 Å². The van der Waals surface area contributed by atoms with Gasteiger partial charge in [-0.3, -0.25) is 0 Å². The predicted octanol–water partition coefficient (Wildman–Crippen LogP) is 1.70. The number of nitrogens with zero attached hydrogens (tertiary/aromatic N) is 2. The molecule has 0 spiro atoms. The van der Waals surface area contributed by atoms with E-state index in [4.69, 9.17) is 4.18 Å². The number of aromatic nitrogens is 3. The van der Waals surface area contributed by atoms with Crippen molar-refractivity contribution >= 4 is 10.1 Å². The van der Waals surface area contributed by atoms with E-state index in [2.05, 4.69) is 15.2 Å². The van der Waals surface area contributed by atoms with Gasteiger partial charge in [0.15, 0.2) is 0 Å². The maximum atomic E-state index is 11.9. The normalized spacial score (nSPS) is 11.7. The summed E-state index contributed by atoms with van der Waals surface area (Å²) in [5.74, 6) is 0.468. The summed E-state index contributed by atoms with van der Waals surface area (Å²) in [6, 6.07) is 7.00. The molecule has 1 N–H and O–H groups in total. The molecule has 6 nitrogen and oxygen atoms in total. The zero-order valence-corrected chi connectivity index (χ0v) is 10.8. The number of H-pyrrole nitrogens is 1. The minimum atomic E-state index is -3.96. The molecular formula is C11H13N3O3S. The van der Waals surface area contributed by atoms with Crippen molar-refractivity contribution in [3.05, 3.63) is 36.2 Å². The second-order valence-electron chi connectivity index (χ2n) is 4.02. The summed E-state index contributed by atoms with van der Waals surface area (Å²) >= 11 is 0. The minimum Gasteiger partial charge on any atom is -0.376 e. The topological polar surface area (TPSA) is 84.9 Å². The molecule has 0 fully saturated rings. The van der Waals surface area contributed by atoms with Crippen LogP contribution in [0.2, 0.25) is 0 Å². The third kappa shape index (κ3) is 2.51. The Bertz CT molecular complexity index is 621. The molecule has 7 heteroatoms. The molecule has 2 aromatic rings. The van der Waals surface area contributed by atoms with Crippen molar-refractivity contribution in [3.8, 4) is 5.75 Å². The highest BCUT2D eigenvalue weighted by Gasteiger charge is 2.22. The molecule has 1 heterocycles. The first-order chi connectivity index (χ1) is 8.50. The molecular weight excluding hydrogens is 254 g/mol. The Morgan fingerprint density at radius 2 is 2.00 bits per heavy atom. The van der Waals surface area contributed by atoms with Gasteiger partial charge in [-0.15, -0.1) is 0 Å². The minimum absolute atomic E-state index is 0.158. The van der Waals surface area contributed by atoms with Gasteiger partial charge in [-0.05, 0) is 17.5 Å². The van der Waals surface area contributed by atoms with E-state index in [9.17, 15) is 8.42 Å². The molecule has 0 aliphatic carbocycles. The van der Waals surface area contributed by atoms with Gasteiger partial charge in [-0.25, -0.2) is 10.1 Å².